The van der Waals surface area contributed by atoms with E-state index in [1.165, 1.54) is 0 Å². The average Bonchev–Trinajstić information content (AvgIpc) is 3.04. The van der Waals surface area contributed by atoms with Crippen molar-refractivity contribution >= 4 is 11.3 Å². The van der Waals surface area contributed by atoms with Crippen LogP contribution >= 0.6 is 11.3 Å². The number of aliphatic hydroxyl groups is 1. The molecule has 5 nitrogen and oxygen atoms in total. The van der Waals surface area contributed by atoms with Crippen LogP contribution < -0.4 is 4.74 Å². The molecule has 20 heavy (non-hydrogen) atoms. The van der Waals surface area contributed by atoms with Crippen LogP contribution in [0.15, 0.2) is 23.0 Å². The van der Waals surface area contributed by atoms with Crippen molar-refractivity contribution in [3.05, 3.63) is 34.3 Å². The third-order valence-electron chi connectivity index (χ3n) is 3.15. The van der Waals surface area contributed by atoms with E-state index < -0.39 is 6.10 Å². The summed E-state index contributed by atoms with van der Waals surface area (Å²) in [5.41, 5.74) is 1.88. The van der Waals surface area contributed by atoms with E-state index in [9.17, 15) is 5.11 Å². The van der Waals surface area contributed by atoms with Crippen molar-refractivity contribution in [2.75, 3.05) is 27.7 Å². The molecule has 1 atom stereocenters. The molecule has 0 radical (unpaired) electrons. The van der Waals surface area contributed by atoms with Gasteiger partial charge in [-0.1, -0.05) is 0 Å². The largest absolute Gasteiger partial charge is 0.493 e. The van der Waals surface area contributed by atoms with Gasteiger partial charge in [0.1, 0.15) is 11.8 Å². The zero-order valence-electron chi connectivity index (χ0n) is 12.1. The van der Waals surface area contributed by atoms with Gasteiger partial charge in [0.15, 0.2) is 5.75 Å². The first-order valence-corrected chi connectivity index (χ1v) is 7.49. The Labute approximate surface area is 123 Å². The van der Waals surface area contributed by atoms with Gasteiger partial charge in [0.2, 0.25) is 0 Å². The molecule has 0 saturated carbocycles. The molecule has 0 fully saturated rings. The highest BCUT2D eigenvalue weighted by atomic mass is 32.1. The Balaban J connectivity index is 2.16. The van der Waals surface area contributed by atoms with E-state index in [1.807, 2.05) is 30.2 Å². The number of methoxy groups -OCH3 is 1. The second-order valence-corrected chi connectivity index (χ2v) is 5.76. The lowest BCUT2D eigenvalue weighted by Gasteiger charge is -2.16. The molecule has 0 aliphatic rings. The lowest BCUT2D eigenvalue weighted by atomic mass is 10.1. The van der Waals surface area contributed by atoms with E-state index in [2.05, 4.69) is 15.4 Å². The van der Waals surface area contributed by atoms with Gasteiger partial charge in [0.05, 0.1) is 19.9 Å². The Bertz CT molecular complexity index is 523. The number of hydrogen-bond donors (Lipinski definition) is 1. The Morgan fingerprint density at radius 1 is 1.50 bits per heavy atom. The summed E-state index contributed by atoms with van der Waals surface area (Å²) in [5.74, 6) is 0.645. The van der Waals surface area contributed by atoms with Crippen LogP contribution in [0, 0.1) is 0 Å². The van der Waals surface area contributed by atoms with Crippen LogP contribution in [0.3, 0.4) is 0 Å². The standard InChI is InChI=1S/C14H21N3O2S/c1-16(2)5-6-17-14(13(19-3)9-15-17)12(18)8-11-4-7-20-10-11/h4,7,9-10,12,18H,5-6,8H2,1-3H3. The van der Waals surface area contributed by atoms with Gasteiger partial charge in [0.25, 0.3) is 0 Å². The second-order valence-electron chi connectivity index (χ2n) is 4.98. The lowest BCUT2D eigenvalue weighted by molar-refractivity contribution is 0.161. The van der Waals surface area contributed by atoms with Crippen molar-refractivity contribution in [1.29, 1.82) is 0 Å². The maximum absolute atomic E-state index is 10.5. The zero-order chi connectivity index (χ0) is 14.5. The first kappa shape index (κ1) is 15.0. The normalized spacial score (nSPS) is 12.8. The lowest BCUT2D eigenvalue weighted by Crippen LogP contribution is -2.21. The number of likely N-dealkylation sites (N-methyl/N-ethyl adjacent to an activating group) is 1. The molecule has 2 aromatic rings. The molecule has 0 aromatic carbocycles. The Morgan fingerprint density at radius 3 is 2.90 bits per heavy atom. The average molecular weight is 295 g/mol. The number of rotatable bonds is 7. The van der Waals surface area contributed by atoms with Gasteiger partial charge in [-0.2, -0.15) is 16.4 Å². The van der Waals surface area contributed by atoms with Gasteiger partial charge in [-0.05, 0) is 36.5 Å². The van der Waals surface area contributed by atoms with Gasteiger partial charge >= 0.3 is 0 Å². The fourth-order valence-corrected chi connectivity index (χ4v) is 2.75. The predicted octanol–water partition coefficient (Wildman–Crippen LogP) is 1.79. The van der Waals surface area contributed by atoms with Crippen LogP contribution in [0.2, 0.25) is 0 Å². The van der Waals surface area contributed by atoms with Crippen molar-refractivity contribution in [1.82, 2.24) is 14.7 Å². The molecule has 2 rings (SSSR count). The summed E-state index contributed by atoms with van der Waals surface area (Å²) < 4.78 is 7.15. The number of aromatic nitrogens is 2. The number of aliphatic hydroxyl groups excluding tert-OH is 1. The second kappa shape index (κ2) is 6.88. The number of ether oxygens (including phenoxy) is 1. The van der Waals surface area contributed by atoms with Crippen molar-refractivity contribution in [2.45, 2.75) is 19.1 Å². The molecule has 0 aliphatic carbocycles. The molecule has 1 unspecified atom stereocenters. The summed E-state index contributed by atoms with van der Waals surface area (Å²) in [6.45, 7) is 1.59. The van der Waals surface area contributed by atoms with Crippen molar-refractivity contribution in [2.24, 2.45) is 0 Å². The molecule has 2 heterocycles. The molecule has 0 amide bonds. The third kappa shape index (κ3) is 3.59. The molecule has 2 aromatic heterocycles. The van der Waals surface area contributed by atoms with Gasteiger partial charge in [-0.3, -0.25) is 4.68 Å². The fraction of sp³-hybridized carbons (Fsp3) is 0.500. The van der Waals surface area contributed by atoms with Gasteiger partial charge in [0, 0.05) is 13.0 Å². The summed E-state index contributed by atoms with van der Waals surface area (Å²) in [5, 5.41) is 18.9. The molecule has 0 bridgehead atoms. The molecule has 0 aliphatic heterocycles. The molecular weight excluding hydrogens is 274 g/mol. The molecule has 110 valence electrons. The van der Waals surface area contributed by atoms with Crippen LogP contribution in [0.5, 0.6) is 5.75 Å². The van der Waals surface area contributed by atoms with Crippen LogP contribution in [0.4, 0.5) is 0 Å². The zero-order valence-corrected chi connectivity index (χ0v) is 12.9. The van der Waals surface area contributed by atoms with Crippen molar-refractivity contribution in [3.8, 4) is 5.75 Å². The maximum atomic E-state index is 10.5. The monoisotopic (exact) mass is 295 g/mol. The Hall–Kier alpha value is -1.37. The van der Waals surface area contributed by atoms with Gasteiger partial charge in [-0.25, -0.2) is 0 Å². The van der Waals surface area contributed by atoms with E-state index in [1.54, 1.807) is 24.6 Å². The fourth-order valence-electron chi connectivity index (χ4n) is 2.07. The van der Waals surface area contributed by atoms with Crippen molar-refractivity contribution < 1.29 is 9.84 Å². The molecule has 0 saturated heterocycles. The number of hydrogen-bond acceptors (Lipinski definition) is 5. The minimum Gasteiger partial charge on any atom is -0.493 e. The quantitative estimate of drug-likeness (QED) is 0.846. The van der Waals surface area contributed by atoms with E-state index >= 15 is 0 Å². The smallest absolute Gasteiger partial charge is 0.162 e. The van der Waals surface area contributed by atoms with Crippen LogP contribution in [-0.4, -0.2) is 47.5 Å². The van der Waals surface area contributed by atoms with E-state index in [0.29, 0.717) is 12.2 Å². The third-order valence-corrected chi connectivity index (χ3v) is 3.88. The van der Waals surface area contributed by atoms with Gasteiger partial charge < -0.3 is 14.7 Å². The van der Waals surface area contributed by atoms with Crippen LogP contribution in [0.25, 0.3) is 0 Å². The maximum Gasteiger partial charge on any atom is 0.162 e. The van der Waals surface area contributed by atoms with E-state index in [0.717, 1.165) is 24.3 Å². The topological polar surface area (TPSA) is 50.5 Å². The summed E-state index contributed by atoms with van der Waals surface area (Å²) in [7, 11) is 5.64. The van der Waals surface area contributed by atoms with Crippen molar-refractivity contribution in [3.63, 3.8) is 0 Å². The van der Waals surface area contributed by atoms with E-state index in [-0.39, 0.29) is 0 Å². The summed E-state index contributed by atoms with van der Waals surface area (Å²) >= 11 is 1.64. The molecule has 6 heteroatoms. The SMILES string of the molecule is COc1cnn(CCN(C)C)c1C(O)Cc1ccsc1. The minimum absolute atomic E-state index is 0.577. The highest BCUT2D eigenvalue weighted by Gasteiger charge is 2.20. The summed E-state index contributed by atoms with van der Waals surface area (Å²) in [6, 6.07) is 2.03. The summed E-state index contributed by atoms with van der Waals surface area (Å²) in [4.78, 5) is 2.09. The first-order chi connectivity index (χ1) is 9.61. The first-order valence-electron chi connectivity index (χ1n) is 6.55. The van der Waals surface area contributed by atoms with Crippen LogP contribution in [-0.2, 0) is 13.0 Å². The molecular formula is C14H21N3O2S. The van der Waals surface area contributed by atoms with E-state index in [4.69, 9.17) is 4.74 Å². The van der Waals surface area contributed by atoms with Crippen LogP contribution in [0.1, 0.15) is 17.4 Å². The van der Waals surface area contributed by atoms with Gasteiger partial charge in [-0.15, -0.1) is 0 Å². The summed E-state index contributed by atoms with van der Waals surface area (Å²) in [6.07, 6.45) is 1.64. The minimum atomic E-state index is -0.607. The Kier molecular flexibility index (Phi) is 5.17. The molecule has 1 N–H and O–H groups in total. The molecule has 0 spiro atoms. The number of nitrogens with zero attached hydrogens (tertiary/aromatic N) is 3. The highest BCUT2D eigenvalue weighted by Crippen LogP contribution is 2.28. The Morgan fingerprint density at radius 2 is 2.30 bits per heavy atom. The number of thiophene rings is 1. The highest BCUT2D eigenvalue weighted by molar-refractivity contribution is 7.07. The predicted molar refractivity (Wildman–Crippen MR) is 80.3 cm³/mol.